The van der Waals surface area contributed by atoms with Crippen LogP contribution in [0.4, 0.5) is 0 Å². The second-order valence-corrected chi connectivity index (χ2v) is 7.12. The molecule has 0 fully saturated rings. The van der Waals surface area contributed by atoms with Gasteiger partial charge in [-0.25, -0.2) is 4.98 Å². The molecular weight excluding hydrogens is 386 g/mol. The summed E-state index contributed by atoms with van der Waals surface area (Å²) in [7, 11) is 0. The summed E-state index contributed by atoms with van der Waals surface area (Å²) in [6, 6.07) is 28.7. The molecule has 0 atom stereocenters. The summed E-state index contributed by atoms with van der Waals surface area (Å²) in [5.74, 6) is 0. The molecule has 0 aliphatic rings. The summed E-state index contributed by atoms with van der Waals surface area (Å²) >= 11 is 3.50. The van der Waals surface area contributed by atoms with Crippen molar-refractivity contribution in [1.29, 1.82) is 0 Å². The molecule has 0 spiro atoms. The first-order valence-electron chi connectivity index (χ1n) is 8.43. The molecule has 5 aromatic rings. The Kier molecular flexibility index (Phi) is 3.61. The lowest BCUT2D eigenvalue weighted by molar-refractivity contribution is 0.668. The topological polar surface area (TPSA) is 26.0 Å². The molecule has 2 aromatic heterocycles. The number of nitrogens with zero attached hydrogens (tertiary/aromatic N) is 1. The molecular formula is C23H14BrNO. The summed E-state index contributed by atoms with van der Waals surface area (Å²) in [4.78, 5) is 4.96. The second-order valence-electron chi connectivity index (χ2n) is 6.20. The minimum atomic E-state index is 0.832. The van der Waals surface area contributed by atoms with Crippen molar-refractivity contribution in [2.45, 2.75) is 0 Å². The number of halogens is 1. The van der Waals surface area contributed by atoms with E-state index in [2.05, 4.69) is 52.3 Å². The highest BCUT2D eigenvalue weighted by Crippen LogP contribution is 2.37. The Balaban J connectivity index is 1.87. The predicted molar refractivity (Wildman–Crippen MR) is 110 cm³/mol. The maximum Gasteiger partial charge on any atom is 0.161 e. The van der Waals surface area contributed by atoms with Crippen LogP contribution in [0, 0.1) is 0 Å². The highest BCUT2D eigenvalue weighted by Gasteiger charge is 2.16. The Morgan fingerprint density at radius 1 is 0.692 bits per heavy atom. The van der Waals surface area contributed by atoms with Gasteiger partial charge in [-0.2, -0.15) is 0 Å². The van der Waals surface area contributed by atoms with E-state index in [-0.39, 0.29) is 0 Å². The van der Waals surface area contributed by atoms with Crippen LogP contribution in [0.3, 0.4) is 0 Å². The van der Waals surface area contributed by atoms with Gasteiger partial charge in [-0.3, -0.25) is 0 Å². The van der Waals surface area contributed by atoms with Crippen LogP contribution in [0.2, 0.25) is 0 Å². The number of hydrogen-bond acceptors (Lipinski definition) is 2. The molecule has 2 heterocycles. The van der Waals surface area contributed by atoms with E-state index in [1.165, 1.54) is 0 Å². The predicted octanol–water partition coefficient (Wildman–Crippen LogP) is 7.08. The van der Waals surface area contributed by atoms with Gasteiger partial charge in [0.15, 0.2) is 5.58 Å². The minimum absolute atomic E-state index is 0.832. The Morgan fingerprint density at radius 3 is 2.23 bits per heavy atom. The fourth-order valence-corrected chi connectivity index (χ4v) is 3.55. The number of pyridine rings is 1. The van der Waals surface area contributed by atoms with Gasteiger partial charge >= 0.3 is 0 Å². The largest absolute Gasteiger partial charge is 0.454 e. The molecule has 3 heteroatoms. The van der Waals surface area contributed by atoms with Gasteiger partial charge in [-0.15, -0.1) is 0 Å². The monoisotopic (exact) mass is 399 g/mol. The Hall–Kier alpha value is -2.91. The SMILES string of the molecule is Brc1ccc(-c2cc3c(oc4ccccc43)c(-c3ccccc3)n2)cc1. The number of aromatic nitrogens is 1. The number of benzene rings is 3. The zero-order valence-electron chi connectivity index (χ0n) is 13.8. The number of hydrogen-bond donors (Lipinski definition) is 0. The molecule has 5 rings (SSSR count). The van der Waals surface area contributed by atoms with Gasteiger partial charge in [0.1, 0.15) is 11.3 Å². The maximum atomic E-state index is 6.18. The molecule has 0 saturated heterocycles. The summed E-state index contributed by atoms with van der Waals surface area (Å²) < 4.78 is 7.23. The minimum Gasteiger partial charge on any atom is -0.454 e. The van der Waals surface area contributed by atoms with Gasteiger partial charge in [0, 0.05) is 26.4 Å². The zero-order chi connectivity index (χ0) is 17.5. The summed E-state index contributed by atoms with van der Waals surface area (Å²) in [5, 5.41) is 2.20. The Morgan fingerprint density at radius 2 is 1.42 bits per heavy atom. The molecule has 2 nitrogen and oxygen atoms in total. The van der Waals surface area contributed by atoms with E-state index in [0.29, 0.717) is 0 Å². The normalized spacial score (nSPS) is 11.3. The molecule has 26 heavy (non-hydrogen) atoms. The smallest absolute Gasteiger partial charge is 0.161 e. The highest BCUT2D eigenvalue weighted by atomic mass is 79.9. The van der Waals surface area contributed by atoms with Crippen LogP contribution in [-0.2, 0) is 0 Å². The van der Waals surface area contributed by atoms with Gasteiger partial charge < -0.3 is 4.42 Å². The Bertz CT molecular complexity index is 1220. The van der Waals surface area contributed by atoms with Crippen LogP contribution < -0.4 is 0 Å². The average molecular weight is 400 g/mol. The van der Waals surface area contributed by atoms with Crippen molar-refractivity contribution < 1.29 is 4.42 Å². The molecule has 3 aromatic carbocycles. The number of rotatable bonds is 2. The average Bonchev–Trinajstić information content (AvgIpc) is 3.07. The third-order valence-electron chi connectivity index (χ3n) is 4.55. The van der Waals surface area contributed by atoms with Crippen LogP contribution in [0.5, 0.6) is 0 Å². The van der Waals surface area contributed by atoms with Crippen molar-refractivity contribution in [2.75, 3.05) is 0 Å². The van der Waals surface area contributed by atoms with Crippen LogP contribution >= 0.6 is 15.9 Å². The number of fused-ring (bicyclic) bond motifs is 3. The molecule has 0 aliphatic heterocycles. The third-order valence-corrected chi connectivity index (χ3v) is 5.08. The van der Waals surface area contributed by atoms with Crippen molar-refractivity contribution >= 4 is 37.9 Å². The van der Waals surface area contributed by atoms with E-state index in [1.54, 1.807) is 0 Å². The van der Waals surface area contributed by atoms with E-state index < -0.39 is 0 Å². The highest BCUT2D eigenvalue weighted by molar-refractivity contribution is 9.10. The maximum absolute atomic E-state index is 6.18. The van der Waals surface area contributed by atoms with Crippen molar-refractivity contribution in [2.24, 2.45) is 0 Å². The summed E-state index contributed by atoms with van der Waals surface area (Å²) in [6.07, 6.45) is 0. The van der Waals surface area contributed by atoms with E-state index >= 15 is 0 Å². The molecule has 124 valence electrons. The Labute approximate surface area is 159 Å². The molecule has 0 saturated carbocycles. The summed E-state index contributed by atoms with van der Waals surface area (Å²) in [6.45, 7) is 0. The van der Waals surface area contributed by atoms with Crippen LogP contribution in [0.25, 0.3) is 44.5 Å². The lowest BCUT2D eigenvalue weighted by Crippen LogP contribution is -1.89. The molecule has 0 radical (unpaired) electrons. The van der Waals surface area contributed by atoms with Crippen molar-refractivity contribution in [3.63, 3.8) is 0 Å². The van der Waals surface area contributed by atoms with Crippen molar-refractivity contribution in [3.05, 3.63) is 89.4 Å². The van der Waals surface area contributed by atoms with Gasteiger partial charge in [0.05, 0.1) is 5.69 Å². The van der Waals surface area contributed by atoms with Crippen LogP contribution in [0.1, 0.15) is 0 Å². The number of para-hydroxylation sites is 1. The van der Waals surface area contributed by atoms with Crippen LogP contribution in [-0.4, -0.2) is 4.98 Å². The molecule has 0 aliphatic carbocycles. The molecule has 0 unspecified atom stereocenters. The lowest BCUT2D eigenvalue weighted by atomic mass is 10.0. The first-order valence-corrected chi connectivity index (χ1v) is 9.22. The molecule has 0 bridgehead atoms. The molecule has 0 amide bonds. The van der Waals surface area contributed by atoms with E-state index in [0.717, 1.165) is 48.9 Å². The van der Waals surface area contributed by atoms with Gasteiger partial charge in [-0.05, 0) is 24.3 Å². The van der Waals surface area contributed by atoms with E-state index in [1.807, 2.05) is 48.5 Å². The third kappa shape index (κ3) is 2.52. The summed E-state index contributed by atoms with van der Waals surface area (Å²) in [5.41, 5.74) is 5.66. The molecule has 0 N–H and O–H groups in total. The standard InChI is InChI=1S/C23H14BrNO/c24-17-12-10-15(11-13-17)20-14-19-18-8-4-5-9-21(18)26-23(19)22(25-20)16-6-2-1-3-7-16/h1-14H. The van der Waals surface area contributed by atoms with Crippen LogP contribution in [0.15, 0.2) is 93.8 Å². The fraction of sp³-hybridized carbons (Fsp3) is 0. The van der Waals surface area contributed by atoms with E-state index in [9.17, 15) is 0 Å². The fourth-order valence-electron chi connectivity index (χ4n) is 3.29. The van der Waals surface area contributed by atoms with Gasteiger partial charge in [0.25, 0.3) is 0 Å². The zero-order valence-corrected chi connectivity index (χ0v) is 15.4. The quantitative estimate of drug-likeness (QED) is 0.317. The van der Waals surface area contributed by atoms with Crippen molar-refractivity contribution in [3.8, 4) is 22.5 Å². The van der Waals surface area contributed by atoms with Crippen molar-refractivity contribution in [1.82, 2.24) is 4.98 Å². The first-order chi connectivity index (χ1) is 12.8. The first kappa shape index (κ1) is 15.4. The van der Waals surface area contributed by atoms with E-state index in [4.69, 9.17) is 9.40 Å². The van der Waals surface area contributed by atoms with Gasteiger partial charge in [-0.1, -0.05) is 76.6 Å². The van der Waals surface area contributed by atoms with Gasteiger partial charge in [0.2, 0.25) is 0 Å². The lowest BCUT2D eigenvalue weighted by Gasteiger charge is -2.07. The number of furan rings is 1. The second kappa shape index (κ2) is 6.11.